The highest BCUT2D eigenvalue weighted by molar-refractivity contribution is 6.00. The Morgan fingerprint density at radius 3 is 2.59 bits per heavy atom. The van der Waals surface area contributed by atoms with Gasteiger partial charge in [0, 0.05) is 11.7 Å². The van der Waals surface area contributed by atoms with Crippen LogP contribution >= 0.6 is 0 Å². The summed E-state index contributed by atoms with van der Waals surface area (Å²) in [6.45, 7) is 6.68. The van der Waals surface area contributed by atoms with Crippen molar-refractivity contribution in [2.24, 2.45) is 0 Å². The number of rotatable bonds is 9. The second kappa shape index (κ2) is 10.2. The monoisotopic (exact) mass is 369 g/mol. The normalized spacial score (nSPS) is 10.4. The third-order valence-corrected chi connectivity index (χ3v) is 3.71. The number of nitrogens with one attached hydrogen (secondary N) is 3. The third kappa shape index (κ3) is 7.01. The lowest BCUT2D eigenvalue weighted by Gasteiger charge is -2.14. The van der Waals surface area contributed by atoms with Crippen molar-refractivity contribution in [1.29, 1.82) is 0 Å². The molecule has 0 aliphatic rings. The summed E-state index contributed by atoms with van der Waals surface area (Å²) in [5, 5.41) is 8.66. The van der Waals surface area contributed by atoms with Gasteiger partial charge in [-0.25, -0.2) is 0 Å². The summed E-state index contributed by atoms with van der Waals surface area (Å²) >= 11 is 0. The minimum Gasteiger partial charge on any atom is -0.492 e. The van der Waals surface area contributed by atoms with E-state index < -0.39 is 0 Å². The molecule has 0 unspecified atom stereocenters. The SMILES string of the molecule is Cc1cccc(OCCNC(=O)CNc2ccccc2C(=O)NC(C)C)c1. The van der Waals surface area contributed by atoms with Crippen LogP contribution in [0.2, 0.25) is 0 Å². The zero-order valence-corrected chi connectivity index (χ0v) is 16.0. The fourth-order valence-electron chi connectivity index (χ4n) is 2.48. The molecule has 3 N–H and O–H groups in total. The minimum absolute atomic E-state index is 0.0438. The van der Waals surface area contributed by atoms with Crippen LogP contribution in [0, 0.1) is 6.92 Å². The molecule has 144 valence electrons. The molecule has 6 heteroatoms. The van der Waals surface area contributed by atoms with Crippen LogP contribution in [0.4, 0.5) is 5.69 Å². The van der Waals surface area contributed by atoms with E-state index in [2.05, 4.69) is 16.0 Å². The van der Waals surface area contributed by atoms with Crippen LogP contribution in [0.5, 0.6) is 5.75 Å². The van der Waals surface area contributed by atoms with Crippen molar-refractivity contribution < 1.29 is 14.3 Å². The first-order chi connectivity index (χ1) is 13.0. The Balaban J connectivity index is 1.76. The Bertz CT molecular complexity index is 775. The third-order valence-electron chi connectivity index (χ3n) is 3.71. The average Bonchev–Trinajstić information content (AvgIpc) is 2.63. The summed E-state index contributed by atoms with van der Waals surface area (Å²) in [6, 6.07) is 14.9. The maximum atomic E-state index is 12.2. The molecule has 0 fully saturated rings. The van der Waals surface area contributed by atoms with Gasteiger partial charge in [-0.15, -0.1) is 0 Å². The minimum atomic E-state index is -0.167. The van der Waals surface area contributed by atoms with E-state index in [4.69, 9.17) is 4.74 Å². The second-order valence-electron chi connectivity index (χ2n) is 6.54. The van der Waals surface area contributed by atoms with Gasteiger partial charge >= 0.3 is 0 Å². The van der Waals surface area contributed by atoms with E-state index in [1.54, 1.807) is 18.2 Å². The predicted octanol–water partition coefficient (Wildman–Crippen LogP) is 2.74. The van der Waals surface area contributed by atoms with E-state index in [1.165, 1.54) is 0 Å². The molecule has 0 aromatic heterocycles. The Morgan fingerprint density at radius 2 is 1.85 bits per heavy atom. The first-order valence-electron chi connectivity index (χ1n) is 9.05. The number of para-hydroxylation sites is 1. The van der Waals surface area contributed by atoms with Gasteiger partial charge in [-0.2, -0.15) is 0 Å². The molecule has 0 bridgehead atoms. The summed E-state index contributed by atoms with van der Waals surface area (Å²) in [6.07, 6.45) is 0. The summed E-state index contributed by atoms with van der Waals surface area (Å²) in [5.74, 6) is 0.453. The highest BCUT2D eigenvalue weighted by atomic mass is 16.5. The molecule has 2 amide bonds. The summed E-state index contributed by atoms with van der Waals surface area (Å²) in [4.78, 5) is 24.2. The summed E-state index contributed by atoms with van der Waals surface area (Å²) < 4.78 is 5.60. The lowest BCUT2D eigenvalue weighted by atomic mass is 10.1. The van der Waals surface area contributed by atoms with Crippen molar-refractivity contribution in [3.8, 4) is 5.75 Å². The molecule has 0 radical (unpaired) electrons. The molecule has 6 nitrogen and oxygen atoms in total. The van der Waals surface area contributed by atoms with Crippen molar-refractivity contribution in [3.63, 3.8) is 0 Å². The highest BCUT2D eigenvalue weighted by Gasteiger charge is 2.12. The molecular formula is C21H27N3O3. The van der Waals surface area contributed by atoms with Crippen molar-refractivity contribution in [2.45, 2.75) is 26.8 Å². The standard InChI is InChI=1S/C21H27N3O3/c1-15(2)24-21(26)18-9-4-5-10-19(18)23-14-20(25)22-11-12-27-17-8-6-7-16(3)13-17/h4-10,13,15,23H,11-12,14H2,1-3H3,(H,22,25)(H,24,26). The van der Waals surface area contributed by atoms with E-state index in [0.717, 1.165) is 11.3 Å². The predicted molar refractivity (Wildman–Crippen MR) is 107 cm³/mol. The van der Waals surface area contributed by atoms with E-state index >= 15 is 0 Å². The van der Waals surface area contributed by atoms with E-state index in [-0.39, 0.29) is 24.4 Å². The quantitative estimate of drug-likeness (QED) is 0.594. The molecule has 27 heavy (non-hydrogen) atoms. The fraction of sp³-hybridized carbons (Fsp3) is 0.333. The van der Waals surface area contributed by atoms with Gasteiger partial charge in [-0.3, -0.25) is 9.59 Å². The number of hydrogen-bond acceptors (Lipinski definition) is 4. The first-order valence-corrected chi connectivity index (χ1v) is 9.05. The number of hydrogen-bond donors (Lipinski definition) is 3. The largest absolute Gasteiger partial charge is 0.492 e. The number of benzene rings is 2. The number of ether oxygens (including phenoxy) is 1. The fourth-order valence-corrected chi connectivity index (χ4v) is 2.48. The van der Waals surface area contributed by atoms with Crippen LogP contribution < -0.4 is 20.7 Å². The lowest BCUT2D eigenvalue weighted by Crippen LogP contribution is -2.34. The topological polar surface area (TPSA) is 79.5 Å². The van der Waals surface area contributed by atoms with Gasteiger partial charge < -0.3 is 20.7 Å². The molecule has 2 aromatic rings. The Hall–Kier alpha value is -3.02. The molecule has 2 aromatic carbocycles. The van der Waals surface area contributed by atoms with Crippen molar-refractivity contribution in [3.05, 3.63) is 59.7 Å². The molecule has 0 aliphatic carbocycles. The highest BCUT2D eigenvalue weighted by Crippen LogP contribution is 2.15. The first kappa shape index (κ1) is 20.3. The Kier molecular flexibility index (Phi) is 7.67. The molecule has 0 saturated carbocycles. The van der Waals surface area contributed by atoms with Crippen LogP contribution in [-0.4, -0.2) is 37.6 Å². The van der Waals surface area contributed by atoms with Crippen LogP contribution in [0.25, 0.3) is 0 Å². The van der Waals surface area contributed by atoms with Gasteiger partial charge in [0.05, 0.1) is 18.7 Å². The van der Waals surface area contributed by atoms with E-state index in [0.29, 0.717) is 24.4 Å². The zero-order valence-electron chi connectivity index (χ0n) is 16.0. The summed E-state index contributed by atoms with van der Waals surface area (Å²) in [7, 11) is 0. The smallest absolute Gasteiger partial charge is 0.253 e. The van der Waals surface area contributed by atoms with Crippen molar-refractivity contribution in [2.75, 3.05) is 25.0 Å². The number of carbonyl (C=O) groups excluding carboxylic acids is 2. The zero-order chi connectivity index (χ0) is 19.6. The second-order valence-corrected chi connectivity index (χ2v) is 6.54. The van der Waals surface area contributed by atoms with Crippen LogP contribution in [-0.2, 0) is 4.79 Å². The molecule has 0 heterocycles. The molecule has 2 rings (SSSR count). The van der Waals surface area contributed by atoms with Gasteiger partial charge in [0.2, 0.25) is 5.91 Å². The number of aryl methyl sites for hydroxylation is 1. The number of anilines is 1. The maximum absolute atomic E-state index is 12.2. The molecule has 0 aliphatic heterocycles. The van der Waals surface area contributed by atoms with Crippen LogP contribution in [0.15, 0.2) is 48.5 Å². The summed E-state index contributed by atoms with van der Waals surface area (Å²) in [5.41, 5.74) is 2.27. The maximum Gasteiger partial charge on any atom is 0.253 e. The van der Waals surface area contributed by atoms with Gasteiger partial charge in [0.25, 0.3) is 5.91 Å². The van der Waals surface area contributed by atoms with E-state index in [9.17, 15) is 9.59 Å². The molecule has 0 spiro atoms. The van der Waals surface area contributed by atoms with Gasteiger partial charge in [-0.1, -0.05) is 24.3 Å². The number of amides is 2. The van der Waals surface area contributed by atoms with Gasteiger partial charge in [-0.05, 0) is 50.6 Å². The Labute approximate surface area is 160 Å². The van der Waals surface area contributed by atoms with Crippen molar-refractivity contribution in [1.82, 2.24) is 10.6 Å². The molecule has 0 saturated heterocycles. The molecule has 0 atom stereocenters. The van der Waals surface area contributed by atoms with Crippen molar-refractivity contribution >= 4 is 17.5 Å². The van der Waals surface area contributed by atoms with Gasteiger partial charge in [0.15, 0.2) is 0 Å². The van der Waals surface area contributed by atoms with Crippen LogP contribution in [0.1, 0.15) is 29.8 Å². The van der Waals surface area contributed by atoms with Gasteiger partial charge in [0.1, 0.15) is 12.4 Å². The lowest BCUT2D eigenvalue weighted by molar-refractivity contribution is -0.119. The van der Waals surface area contributed by atoms with Crippen LogP contribution in [0.3, 0.4) is 0 Å². The average molecular weight is 369 g/mol. The Morgan fingerprint density at radius 1 is 1.07 bits per heavy atom. The molecular weight excluding hydrogens is 342 g/mol. The van der Waals surface area contributed by atoms with E-state index in [1.807, 2.05) is 51.1 Å². The number of carbonyl (C=O) groups is 2.